The SMILES string of the molecule is CC.NC1CCC(Nc2ncc3nc(Nc4c(F)cc(F)cc4F)n(C4CCOC4)c3n2)CC1. The minimum atomic E-state index is -1.05. The summed E-state index contributed by atoms with van der Waals surface area (Å²) >= 11 is 0. The second-order valence-corrected chi connectivity index (χ2v) is 8.35. The van der Waals surface area contributed by atoms with Crippen LogP contribution in [0.5, 0.6) is 0 Å². The normalized spacial score (nSPS) is 22.4. The zero-order chi connectivity index (χ0) is 24.2. The van der Waals surface area contributed by atoms with Crippen LogP contribution in [-0.4, -0.2) is 44.8 Å². The third-order valence-electron chi connectivity index (χ3n) is 6.05. The Balaban J connectivity index is 0.00000133. The second-order valence-electron chi connectivity index (χ2n) is 8.35. The predicted molar refractivity (Wildman–Crippen MR) is 125 cm³/mol. The molecule has 8 nitrogen and oxygen atoms in total. The molecule has 2 aliphatic rings. The molecule has 3 heterocycles. The van der Waals surface area contributed by atoms with Crippen LogP contribution < -0.4 is 16.4 Å². The van der Waals surface area contributed by atoms with Crippen molar-refractivity contribution in [3.05, 3.63) is 35.8 Å². The summed E-state index contributed by atoms with van der Waals surface area (Å²) in [6, 6.07) is 1.59. The van der Waals surface area contributed by atoms with Gasteiger partial charge >= 0.3 is 0 Å². The Morgan fingerprint density at radius 1 is 1.03 bits per heavy atom. The van der Waals surface area contributed by atoms with Gasteiger partial charge in [-0.2, -0.15) is 4.98 Å². The Bertz CT molecular complexity index is 1100. The van der Waals surface area contributed by atoms with Crippen LogP contribution in [0.25, 0.3) is 11.2 Å². The summed E-state index contributed by atoms with van der Waals surface area (Å²) in [5, 5.41) is 6.05. The van der Waals surface area contributed by atoms with Crippen molar-refractivity contribution < 1.29 is 17.9 Å². The van der Waals surface area contributed by atoms with Gasteiger partial charge in [0.1, 0.15) is 17.0 Å². The topological polar surface area (TPSA) is 103 Å². The molecule has 5 rings (SSSR count). The van der Waals surface area contributed by atoms with Gasteiger partial charge in [-0.05, 0) is 32.1 Å². The molecule has 4 N–H and O–H groups in total. The van der Waals surface area contributed by atoms with E-state index in [4.69, 9.17) is 10.5 Å². The number of hydrogen-bond acceptors (Lipinski definition) is 7. The van der Waals surface area contributed by atoms with Crippen LogP contribution in [0.3, 0.4) is 0 Å². The van der Waals surface area contributed by atoms with Crippen LogP contribution in [0.15, 0.2) is 18.3 Å². The lowest BCUT2D eigenvalue weighted by molar-refractivity contribution is 0.187. The highest BCUT2D eigenvalue weighted by Crippen LogP contribution is 2.32. The molecule has 184 valence electrons. The highest BCUT2D eigenvalue weighted by Gasteiger charge is 2.27. The van der Waals surface area contributed by atoms with Gasteiger partial charge in [-0.25, -0.2) is 23.1 Å². The van der Waals surface area contributed by atoms with Gasteiger partial charge in [0.05, 0.1) is 18.8 Å². The summed E-state index contributed by atoms with van der Waals surface area (Å²) in [6.07, 6.45) is 6.04. The maximum Gasteiger partial charge on any atom is 0.224 e. The van der Waals surface area contributed by atoms with Crippen LogP contribution in [0, 0.1) is 17.5 Å². The Morgan fingerprint density at radius 3 is 2.38 bits per heavy atom. The van der Waals surface area contributed by atoms with Crippen molar-refractivity contribution in [2.24, 2.45) is 5.73 Å². The fourth-order valence-corrected chi connectivity index (χ4v) is 4.34. The molecule has 1 aliphatic carbocycles. The molecule has 1 saturated heterocycles. The molecule has 1 aromatic carbocycles. The molecule has 11 heteroatoms. The van der Waals surface area contributed by atoms with Crippen LogP contribution in [-0.2, 0) is 4.74 Å². The molecule has 1 unspecified atom stereocenters. The third kappa shape index (κ3) is 5.10. The minimum absolute atomic E-state index is 0.121. The molecule has 0 bridgehead atoms. The molecule has 1 aliphatic heterocycles. The number of aromatic nitrogens is 4. The molecule has 0 radical (unpaired) electrons. The average molecular weight is 478 g/mol. The quantitative estimate of drug-likeness (QED) is 0.491. The number of nitrogens with one attached hydrogen (secondary N) is 2. The summed E-state index contributed by atoms with van der Waals surface area (Å²) in [6.45, 7) is 4.98. The largest absolute Gasteiger partial charge is 0.379 e. The smallest absolute Gasteiger partial charge is 0.224 e. The fourth-order valence-electron chi connectivity index (χ4n) is 4.34. The number of imidazole rings is 1. The van der Waals surface area contributed by atoms with E-state index in [1.54, 1.807) is 10.8 Å². The average Bonchev–Trinajstić information content (AvgIpc) is 3.46. The Kier molecular flexibility index (Phi) is 7.52. The van der Waals surface area contributed by atoms with E-state index in [9.17, 15) is 13.2 Å². The van der Waals surface area contributed by atoms with E-state index < -0.39 is 23.1 Å². The summed E-state index contributed by atoms with van der Waals surface area (Å²) < 4.78 is 49.1. The zero-order valence-electron chi connectivity index (χ0n) is 19.3. The predicted octanol–water partition coefficient (Wildman–Crippen LogP) is 4.66. The monoisotopic (exact) mass is 477 g/mol. The lowest BCUT2D eigenvalue weighted by atomic mass is 9.92. The zero-order valence-corrected chi connectivity index (χ0v) is 19.3. The van der Waals surface area contributed by atoms with E-state index in [2.05, 4.69) is 25.6 Å². The van der Waals surface area contributed by atoms with E-state index in [0.29, 0.717) is 48.9 Å². The molecule has 2 aromatic heterocycles. The van der Waals surface area contributed by atoms with Gasteiger partial charge in [-0.3, -0.25) is 4.57 Å². The van der Waals surface area contributed by atoms with Crippen LogP contribution >= 0.6 is 0 Å². The van der Waals surface area contributed by atoms with Gasteiger partial charge in [0, 0.05) is 30.8 Å². The number of hydrogen-bond donors (Lipinski definition) is 3. The van der Waals surface area contributed by atoms with Crippen molar-refractivity contribution in [2.75, 3.05) is 23.8 Å². The second kappa shape index (κ2) is 10.6. The van der Waals surface area contributed by atoms with E-state index >= 15 is 0 Å². The number of fused-ring (bicyclic) bond motifs is 1. The van der Waals surface area contributed by atoms with Crippen LogP contribution in [0.2, 0.25) is 0 Å². The van der Waals surface area contributed by atoms with Crippen molar-refractivity contribution in [3.8, 4) is 0 Å². The Labute approximate surface area is 196 Å². The van der Waals surface area contributed by atoms with Gasteiger partial charge in [-0.1, -0.05) is 13.8 Å². The first-order valence-electron chi connectivity index (χ1n) is 11.7. The minimum Gasteiger partial charge on any atom is -0.379 e. The first-order valence-corrected chi connectivity index (χ1v) is 11.7. The number of nitrogens with zero attached hydrogens (tertiary/aromatic N) is 4. The molecule has 34 heavy (non-hydrogen) atoms. The van der Waals surface area contributed by atoms with Crippen molar-refractivity contribution in [1.82, 2.24) is 19.5 Å². The number of rotatable bonds is 5. The number of benzene rings is 1. The van der Waals surface area contributed by atoms with E-state index in [1.807, 2.05) is 13.8 Å². The van der Waals surface area contributed by atoms with E-state index in [0.717, 1.165) is 25.7 Å². The summed E-state index contributed by atoms with van der Waals surface area (Å²) in [7, 11) is 0. The van der Waals surface area contributed by atoms with Gasteiger partial charge in [0.2, 0.25) is 11.9 Å². The Morgan fingerprint density at radius 2 is 1.74 bits per heavy atom. The summed E-state index contributed by atoms with van der Waals surface area (Å²) in [5.74, 6) is -2.44. The first-order chi connectivity index (χ1) is 16.5. The van der Waals surface area contributed by atoms with Crippen molar-refractivity contribution in [1.29, 1.82) is 0 Å². The molecule has 1 saturated carbocycles. The Hall–Kier alpha value is -2.92. The van der Waals surface area contributed by atoms with Crippen molar-refractivity contribution in [3.63, 3.8) is 0 Å². The van der Waals surface area contributed by atoms with Gasteiger partial charge < -0.3 is 21.1 Å². The first kappa shape index (κ1) is 24.2. The maximum atomic E-state index is 14.3. The molecule has 3 aromatic rings. The fraction of sp³-hybridized carbons (Fsp3) is 0.522. The summed E-state index contributed by atoms with van der Waals surface area (Å²) in [5.41, 5.74) is 6.50. The van der Waals surface area contributed by atoms with Crippen molar-refractivity contribution >= 4 is 28.7 Å². The number of ether oxygens (including phenoxy) is 1. The van der Waals surface area contributed by atoms with Gasteiger partial charge in [0.15, 0.2) is 17.3 Å². The highest BCUT2D eigenvalue weighted by molar-refractivity contribution is 5.76. The van der Waals surface area contributed by atoms with Gasteiger partial charge in [-0.15, -0.1) is 0 Å². The standard InChI is InChI=1S/C21H24F3N7O.C2H6/c22-11-7-15(23)18(16(24)8-11)29-21-28-17-9-26-20(27-13-3-1-12(25)2-4-13)30-19(17)31(21)14-5-6-32-10-14;1-2/h7-9,12-14H,1-6,10,25H2,(H,28,29)(H,26,27,30);1-2H3. The third-order valence-corrected chi connectivity index (χ3v) is 6.05. The molecular weight excluding hydrogens is 447 g/mol. The highest BCUT2D eigenvalue weighted by atomic mass is 19.1. The molecular formula is C23H30F3N7O. The lowest BCUT2D eigenvalue weighted by Gasteiger charge is -2.26. The lowest BCUT2D eigenvalue weighted by Crippen LogP contribution is -2.33. The number of nitrogens with two attached hydrogens (primary N) is 1. The summed E-state index contributed by atoms with van der Waals surface area (Å²) in [4.78, 5) is 13.5. The molecule has 1 atom stereocenters. The van der Waals surface area contributed by atoms with E-state index in [1.165, 1.54) is 0 Å². The molecule has 0 spiro atoms. The maximum absolute atomic E-state index is 14.3. The number of anilines is 3. The molecule has 0 amide bonds. The van der Waals surface area contributed by atoms with E-state index in [-0.39, 0.29) is 24.1 Å². The van der Waals surface area contributed by atoms with Crippen LogP contribution in [0.4, 0.5) is 30.8 Å². The van der Waals surface area contributed by atoms with Crippen LogP contribution in [0.1, 0.15) is 52.0 Å². The van der Waals surface area contributed by atoms with Crippen molar-refractivity contribution in [2.45, 2.75) is 64.1 Å². The number of halogens is 3. The molecule has 2 fully saturated rings. The van der Waals surface area contributed by atoms with Gasteiger partial charge in [0.25, 0.3) is 0 Å².